The Bertz CT molecular complexity index is 413. The molecule has 2 N–H and O–H groups in total. The predicted octanol–water partition coefficient (Wildman–Crippen LogP) is 3.31. The maximum atomic E-state index is 10.1. The van der Waals surface area contributed by atoms with Crippen LogP contribution in [0.4, 0.5) is 0 Å². The fourth-order valence-corrected chi connectivity index (χ4v) is 3.52. The van der Waals surface area contributed by atoms with Gasteiger partial charge in [-0.2, -0.15) is 0 Å². The van der Waals surface area contributed by atoms with Crippen molar-refractivity contribution < 1.29 is 5.11 Å². The number of rotatable bonds is 5. The minimum absolute atomic E-state index is 0.312. The molecule has 1 aliphatic rings. The Hall–Kier alpha value is -1.06. The molecule has 20 heavy (non-hydrogen) atoms. The van der Waals surface area contributed by atoms with Gasteiger partial charge < -0.3 is 10.4 Å². The quantitative estimate of drug-likeness (QED) is 0.866. The second-order valence-corrected chi connectivity index (χ2v) is 5.94. The molecule has 0 amide bonds. The van der Waals surface area contributed by atoms with Crippen molar-refractivity contribution in [1.82, 2.24) is 10.2 Å². The lowest BCUT2D eigenvalue weighted by atomic mass is 9.88. The summed E-state index contributed by atoms with van der Waals surface area (Å²) in [7, 11) is 4.27. The highest BCUT2D eigenvalue weighted by atomic mass is 16.3. The summed E-state index contributed by atoms with van der Waals surface area (Å²) in [6.07, 6.45) is 6.02. The SMILES string of the molecule is CCC(c1ccccc1O)N(C)C1CCC(NC)CC1. The molecule has 1 saturated carbocycles. The summed E-state index contributed by atoms with van der Waals surface area (Å²) < 4.78 is 0. The number of phenolic OH excluding ortho intramolecular Hbond substituents is 1. The molecule has 0 saturated heterocycles. The van der Waals surface area contributed by atoms with Crippen LogP contribution in [-0.2, 0) is 0 Å². The molecule has 0 radical (unpaired) electrons. The van der Waals surface area contributed by atoms with Crippen molar-refractivity contribution in [3.05, 3.63) is 29.8 Å². The first kappa shape index (κ1) is 15.3. The Labute approximate surface area is 123 Å². The largest absolute Gasteiger partial charge is 0.508 e. The number of nitrogens with zero attached hydrogens (tertiary/aromatic N) is 1. The molecule has 0 spiro atoms. The smallest absolute Gasteiger partial charge is 0.120 e. The number of benzene rings is 1. The van der Waals surface area contributed by atoms with E-state index in [2.05, 4.69) is 37.3 Å². The first-order valence-corrected chi connectivity index (χ1v) is 7.84. The van der Waals surface area contributed by atoms with Crippen molar-refractivity contribution in [2.75, 3.05) is 14.1 Å². The molecule has 1 aromatic rings. The standard InChI is InChI=1S/C17H28N2O/c1-4-16(15-7-5-6-8-17(15)20)19(3)14-11-9-13(18-2)10-12-14/h5-8,13-14,16,18,20H,4,9-12H2,1-3H3. The first-order valence-electron chi connectivity index (χ1n) is 7.84. The van der Waals surface area contributed by atoms with Crippen molar-refractivity contribution in [2.24, 2.45) is 0 Å². The summed E-state index contributed by atoms with van der Waals surface area (Å²) >= 11 is 0. The molecule has 0 aromatic heterocycles. The minimum Gasteiger partial charge on any atom is -0.508 e. The molecular formula is C17H28N2O. The molecule has 0 aliphatic heterocycles. The average molecular weight is 276 g/mol. The third kappa shape index (κ3) is 3.33. The zero-order valence-electron chi connectivity index (χ0n) is 13.0. The summed E-state index contributed by atoms with van der Waals surface area (Å²) in [5.74, 6) is 0.426. The lowest BCUT2D eigenvalue weighted by Gasteiger charge is -2.39. The highest BCUT2D eigenvalue weighted by molar-refractivity contribution is 5.34. The van der Waals surface area contributed by atoms with Crippen molar-refractivity contribution >= 4 is 0 Å². The summed E-state index contributed by atoms with van der Waals surface area (Å²) in [5.41, 5.74) is 1.06. The zero-order chi connectivity index (χ0) is 14.5. The molecule has 1 fully saturated rings. The van der Waals surface area contributed by atoms with Crippen molar-refractivity contribution in [2.45, 2.75) is 57.2 Å². The van der Waals surface area contributed by atoms with Gasteiger partial charge in [-0.25, -0.2) is 0 Å². The first-order chi connectivity index (χ1) is 9.67. The Morgan fingerprint density at radius 2 is 1.90 bits per heavy atom. The molecule has 3 nitrogen and oxygen atoms in total. The van der Waals surface area contributed by atoms with Crippen LogP contribution in [0.1, 0.15) is 50.6 Å². The molecule has 112 valence electrons. The highest BCUT2D eigenvalue weighted by Crippen LogP contribution is 2.34. The van der Waals surface area contributed by atoms with Crippen molar-refractivity contribution in [3.8, 4) is 5.75 Å². The maximum absolute atomic E-state index is 10.1. The maximum Gasteiger partial charge on any atom is 0.120 e. The van der Waals surface area contributed by atoms with Gasteiger partial charge in [-0.3, -0.25) is 4.90 Å². The van der Waals surface area contributed by atoms with Crippen LogP contribution in [0.3, 0.4) is 0 Å². The fourth-order valence-electron chi connectivity index (χ4n) is 3.52. The summed E-state index contributed by atoms with van der Waals surface area (Å²) in [4.78, 5) is 2.47. The number of phenols is 1. The van der Waals surface area contributed by atoms with Crippen molar-refractivity contribution in [1.29, 1.82) is 0 Å². The molecule has 0 bridgehead atoms. The van der Waals surface area contributed by atoms with E-state index in [4.69, 9.17) is 0 Å². The monoisotopic (exact) mass is 276 g/mol. The van der Waals surface area contributed by atoms with Gasteiger partial charge in [0.05, 0.1) is 0 Å². The normalized spacial score (nSPS) is 24.8. The van der Waals surface area contributed by atoms with E-state index in [1.54, 1.807) is 6.07 Å². The molecule has 1 atom stereocenters. The predicted molar refractivity (Wildman–Crippen MR) is 84.0 cm³/mol. The van der Waals surface area contributed by atoms with Gasteiger partial charge in [-0.1, -0.05) is 25.1 Å². The molecule has 1 unspecified atom stereocenters. The molecule has 3 heteroatoms. The van der Waals surface area contributed by atoms with E-state index in [0.29, 0.717) is 23.9 Å². The average Bonchev–Trinajstić information content (AvgIpc) is 2.50. The van der Waals surface area contributed by atoms with E-state index in [1.807, 2.05) is 12.1 Å². The van der Waals surface area contributed by atoms with Gasteiger partial charge in [-0.15, -0.1) is 0 Å². The molecule has 2 rings (SSSR count). The Kier molecular flexibility index (Phi) is 5.44. The zero-order valence-corrected chi connectivity index (χ0v) is 13.0. The van der Waals surface area contributed by atoms with Crippen LogP contribution in [-0.4, -0.2) is 36.2 Å². The number of hydrogen-bond donors (Lipinski definition) is 2. The van der Waals surface area contributed by atoms with Gasteiger partial charge in [0, 0.05) is 23.7 Å². The molecule has 1 aliphatic carbocycles. The number of hydrogen-bond acceptors (Lipinski definition) is 3. The molecule has 0 heterocycles. The van der Waals surface area contributed by atoms with E-state index in [0.717, 1.165) is 12.0 Å². The second-order valence-electron chi connectivity index (χ2n) is 5.94. The number of aromatic hydroxyl groups is 1. The third-order valence-electron chi connectivity index (χ3n) is 4.85. The summed E-state index contributed by atoms with van der Waals surface area (Å²) in [6, 6.07) is 9.39. The number of para-hydroxylation sites is 1. The highest BCUT2D eigenvalue weighted by Gasteiger charge is 2.28. The van der Waals surface area contributed by atoms with Crippen LogP contribution in [0.15, 0.2) is 24.3 Å². The topological polar surface area (TPSA) is 35.5 Å². The fraction of sp³-hybridized carbons (Fsp3) is 0.647. The lowest BCUT2D eigenvalue weighted by Crippen LogP contribution is -2.41. The second kappa shape index (κ2) is 7.09. The Balaban J connectivity index is 2.06. The minimum atomic E-state index is 0.312. The van der Waals surface area contributed by atoms with Crippen LogP contribution >= 0.6 is 0 Å². The Morgan fingerprint density at radius 1 is 1.25 bits per heavy atom. The van der Waals surface area contributed by atoms with Crippen LogP contribution < -0.4 is 5.32 Å². The van der Waals surface area contributed by atoms with Gasteiger partial charge in [-0.05, 0) is 52.3 Å². The molecular weight excluding hydrogens is 248 g/mol. The van der Waals surface area contributed by atoms with Gasteiger partial charge in [0.1, 0.15) is 5.75 Å². The van der Waals surface area contributed by atoms with Crippen LogP contribution in [0.2, 0.25) is 0 Å². The lowest BCUT2D eigenvalue weighted by molar-refractivity contribution is 0.123. The van der Waals surface area contributed by atoms with Gasteiger partial charge in [0.2, 0.25) is 0 Å². The van der Waals surface area contributed by atoms with E-state index in [-0.39, 0.29) is 0 Å². The summed E-state index contributed by atoms with van der Waals surface area (Å²) in [6.45, 7) is 2.20. The van der Waals surface area contributed by atoms with E-state index in [1.165, 1.54) is 25.7 Å². The van der Waals surface area contributed by atoms with E-state index < -0.39 is 0 Å². The third-order valence-corrected chi connectivity index (χ3v) is 4.85. The molecule has 1 aromatic carbocycles. The summed E-state index contributed by atoms with van der Waals surface area (Å²) in [5, 5.41) is 13.5. The van der Waals surface area contributed by atoms with E-state index in [9.17, 15) is 5.11 Å². The van der Waals surface area contributed by atoms with Crippen LogP contribution in [0.5, 0.6) is 5.75 Å². The Morgan fingerprint density at radius 3 is 2.45 bits per heavy atom. The van der Waals surface area contributed by atoms with Crippen LogP contribution in [0, 0.1) is 0 Å². The van der Waals surface area contributed by atoms with Crippen molar-refractivity contribution in [3.63, 3.8) is 0 Å². The van der Waals surface area contributed by atoms with Gasteiger partial charge in [0.25, 0.3) is 0 Å². The number of nitrogens with one attached hydrogen (secondary N) is 1. The van der Waals surface area contributed by atoms with Crippen LogP contribution in [0.25, 0.3) is 0 Å². The van der Waals surface area contributed by atoms with E-state index >= 15 is 0 Å². The van der Waals surface area contributed by atoms with Gasteiger partial charge >= 0.3 is 0 Å². The van der Waals surface area contributed by atoms with Gasteiger partial charge in [0.15, 0.2) is 0 Å².